The Hall–Kier alpha value is -2.63. The van der Waals surface area contributed by atoms with Gasteiger partial charge in [0, 0.05) is 12.0 Å². The highest BCUT2D eigenvalue weighted by Gasteiger charge is 2.43. The molecule has 0 aliphatic rings. The van der Waals surface area contributed by atoms with Crippen LogP contribution in [0.5, 0.6) is 0 Å². The van der Waals surface area contributed by atoms with E-state index >= 15 is 0 Å². The molecule has 0 saturated heterocycles. The maximum atomic E-state index is 11.3. The highest BCUT2D eigenvalue weighted by molar-refractivity contribution is 5.45. The predicted molar refractivity (Wildman–Crippen MR) is 82.8 cm³/mol. The summed E-state index contributed by atoms with van der Waals surface area (Å²) in [6.07, 6.45) is 4.37. The van der Waals surface area contributed by atoms with Crippen LogP contribution < -0.4 is 5.82 Å². The third-order valence-corrected chi connectivity index (χ3v) is 3.68. The van der Waals surface area contributed by atoms with Crippen LogP contribution in [-0.4, -0.2) is 11.6 Å². The Morgan fingerprint density at radius 1 is 1.39 bits per heavy atom. The lowest BCUT2D eigenvalue weighted by atomic mass is 9.84. The molecule has 1 aromatic carbocycles. The Kier molecular flexibility index (Phi) is 5.51. The van der Waals surface area contributed by atoms with Gasteiger partial charge < -0.3 is 9.15 Å². The van der Waals surface area contributed by atoms with Crippen molar-refractivity contribution in [3.63, 3.8) is 0 Å². The maximum Gasteiger partial charge on any atom is 0.542 e. The minimum atomic E-state index is -1.29. The summed E-state index contributed by atoms with van der Waals surface area (Å²) in [5.74, 6) is -0.990. The van der Waals surface area contributed by atoms with Gasteiger partial charge >= 0.3 is 5.82 Å². The Morgan fingerprint density at radius 2 is 2.17 bits per heavy atom. The number of nitrogens with zero attached hydrogens (tertiary/aromatic N) is 1. The molecule has 0 fully saturated rings. The Morgan fingerprint density at radius 3 is 2.78 bits per heavy atom. The Balaban J connectivity index is 2.66. The molecule has 2 aromatic rings. The number of benzene rings is 1. The zero-order chi connectivity index (χ0) is 16.7. The standard InChI is InChI=1S/C17H19NO5/c1-3-5-11-17(21-12-19,15-18-23-16(20)22-15)14-10-7-6-9-13(14)8-4-2/h4,6-7,9-10,12H,2-3,5,8,11H2,1H3. The van der Waals surface area contributed by atoms with Crippen LogP contribution in [0.15, 0.2) is 50.7 Å². The summed E-state index contributed by atoms with van der Waals surface area (Å²) in [5.41, 5.74) is 0.326. The number of aromatic nitrogens is 1. The summed E-state index contributed by atoms with van der Waals surface area (Å²) in [7, 11) is 0. The van der Waals surface area contributed by atoms with Gasteiger partial charge in [0.05, 0.1) is 0 Å². The summed E-state index contributed by atoms with van der Waals surface area (Å²) in [4.78, 5) is 22.5. The second kappa shape index (κ2) is 7.58. The molecule has 0 aliphatic carbocycles. The molecule has 0 saturated carbocycles. The molecule has 23 heavy (non-hydrogen) atoms. The van der Waals surface area contributed by atoms with Crippen molar-refractivity contribution in [1.29, 1.82) is 0 Å². The zero-order valence-electron chi connectivity index (χ0n) is 13.0. The van der Waals surface area contributed by atoms with Crippen LogP contribution in [0.1, 0.15) is 43.2 Å². The topological polar surface area (TPSA) is 82.5 Å². The molecular formula is C17H19NO5. The number of hydrogen-bond donors (Lipinski definition) is 0. The van der Waals surface area contributed by atoms with Crippen LogP contribution in [0.4, 0.5) is 0 Å². The first-order valence-electron chi connectivity index (χ1n) is 7.46. The number of rotatable bonds is 9. The lowest BCUT2D eigenvalue weighted by molar-refractivity contribution is -0.143. The largest absolute Gasteiger partial charge is 0.542 e. The lowest BCUT2D eigenvalue weighted by Gasteiger charge is -2.30. The number of carbonyl (C=O) groups excluding carboxylic acids is 1. The molecule has 0 amide bonds. The maximum absolute atomic E-state index is 11.3. The average molecular weight is 317 g/mol. The molecule has 0 bridgehead atoms. The third-order valence-electron chi connectivity index (χ3n) is 3.68. The molecule has 0 aliphatic heterocycles. The third kappa shape index (κ3) is 3.41. The Bertz CT molecular complexity index is 718. The van der Waals surface area contributed by atoms with E-state index < -0.39 is 11.4 Å². The smallest absolute Gasteiger partial charge is 0.446 e. The molecule has 0 radical (unpaired) electrons. The fourth-order valence-electron chi connectivity index (χ4n) is 2.64. The second-order valence-electron chi connectivity index (χ2n) is 5.13. The van der Waals surface area contributed by atoms with Crippen molar-refractivity contribution >= 4 is 6.47 Å². The number of allylic oxidation sites excluding steroid dienone is 1. The van der Waals surface area contributed by atoms with E-state index in [1.165, 1.54) is 0 Å². The van der Waals surface area contributed by atoms with Crippen LogP contribution in [0.25, 0.3) is 0 Å². The van der Waals surface area contributed by atoms with Gasteiger partial charge in [-0.05, 0) is 23.6 Å². The van der Waals surface area contributed by atoms with Crippen molar-refractivity contribution in [1.82, 2.24) is 5.16 Å². The lowest BCUT2D eigenvalue weighted by Crippen LogP contribution is -2.33. The minimum Gasteiger partial charge on any atom is -0.446 e. The van der Waals surface area contributed by atoms with E-state index in [1.54, 1.807) is 6.08 Å². The van der Waals surface area contributed by atoms with E-state index in [-0.39, 0.29) is 5.89 Å². The van der Waals surface area contributed by atoms with Crippen molar-refractivity contribution in [3.8, 4) is 0 Å². The fourth-order valence-corrected chi connectivity index (χ4v) is 2.64. The summed E-state index contributed by atoms with van der Waals surface area (Å²) in [6.45, 7) is 6.10. The highest BCUT2D eigenvalue weighted by Crippen LogP contribution is 2.38. The molecule has 1 unspecified atom stereocenters. The Labute approximate surface area is 133 Å². The van der Waals surface area contributed by atoms with E-state index in [4.69, 9.17) is 9.15 Å². The molecule has 0 spiro atoms. The number of carbonyl (C=O) groups is 1. The quantitative estimate of drug-likeness (QED) is 0.522. The first-order chi connectivity index (χ1) is 11.2. The van der Waals surface area contributed by atoms with Gasteiger partial charge in [-0.15, -0.1) is 6.58 Å². The van der Waals surface area contributed by atoms with Crippen molar-refractivity contribution in [3.05, 3.63) is 64.6 Å². The van der Waals surface area contributed by atoms with Crippen molar-refractivity contribution in [2.24, 2.45) is 0 Å². The number of hydrogen-bond acceptors (Lipinski definition) is 6. The first kappa shape index (κ1) is 16.7. The van der Waals surface area contributed by atoms with Crippen LogP contribution in [0.2, 0.25) is 0 Å². The van der Waals surface area contributed by atoms with Crippen LogP contribution >= 0.6 is 0 Å². The molecule has 2 rings (SSSR count). The van der Waals surface area contributed by atoms with Crippen LogP contribution in [0, 0.1) is 0 Å². The van der Waals surface area contributed by atoms with Gasteiger partial charge in [-0.1, -0.05) is 43.7 Å². The zero-order valence-corrected chi connectivity index (χ0v) is 13.0. The van der Waals surface area contributed by atoms with Gasteiger partial charge in [-0.2, -0.15) is 0 Å². The summed E-state index contributed by atoms with van der Waals surface area (Å²) < 4.78 is 15.0. The van der Waals surface area contributed by atoms with Crippen LogP contribution in [-0.2, 0) is 21.6 Å². The normalized spacial score (nSPS) is 13.3. The molecule has 1 heterocycles. The van der Waals surface area contributed by atoms with Gasteiger partial charge in [-0.25, -0.2) is 4.79 Å². The van der Waals surface area contributed by atoms with E-state index in [2.05, 4.69) is 16.3 Å². The van der Waals surface area contributed by atoms with Gasteiger partial charge in [0.2, 0.25) is 5.60 Å². The highest BCUT2D eigenvalue weighted by atomic mass is 16.6. The van der Waals surface area contributed by atoms with E-state index in [1.807, 2.05) is 31.2 Å². The van der Waals surface area contributed by atoms with Crippen molar-refractivity contribution in [2.45, 2.75) is 38.2 Å². The van der Waals surface area contributed by atoms with Crippen molar-refractivity contribution < 1.29 is 18.5 Å². The van der Waals surface area contributed by atoms with E-state index in [9.17, 15) is 9.59 Å². The predicted octanol–water partition coefficient (Wildman–Crippen LogP) is 2.96. The minimum absolute atomic E-state index is 0.0560. The molecule has 6 heteroatoms. The molecule has 6 nitrogen and oxygen atoms in total. The fraction of sp³-hybridized carbons (Fsp3) is 0.353. The summed E-state index contributed by atoms with van der Waals surface area (Å²) in [6, 6.07) is 7.44. The molecule has 0 N–H and O–H groups in total. The van der Waals surface area contributed by atoms with Gasteiger partial charge in [0.25, 0.3) is 12.4 Å². The van der Waals surface area contributed by atoms with Gasteiger partial charge in [0.15, 0.2) is 0 Å². The van der Waals surface area contributed by atoms with E-state index in [0.717, 1.165) is 18.4 Å². The molecule has 1 aromatic heterocycles. The second-order valence-corrected chi connectivity index (χ2v) is 5.13. The molecular weight excluding hydrogens is 298 g/mol. The summed E-state index contributed by atoms with van der Waals surface area (Å²) >= 11 is 0. The van der Waals surface area contributed by atoms with Gasteiger partial charge in [-0.3, -0.25) is 9.32 Å². The SMILES string of the molecule is C=CCc1ccccc1C(CCCC)(OC=O)c1noc(=O)o1. The monoisotopic (exact) mass is 317 g/mol. The van der Waals surface area contributed by atoms with E-state index in [0.29, 0.717) is 24.9 Å². The summed E-state index contributed by atoms with van der Waals surface area (Å²) in [5, 5.41) is 3.67. The van der Waals surface area contributed by atoms with Gasteiger partial charge in [0.1, 0.15) is 0 Å². The van der Waals surface area contributed by atoms with Crippen LogP contribution in [0.3, 0.4) is 0 Å². The molecule has 1 atom stereocenters. The molecule has 122 valence electrons. The number of ether oxygens (including phenoxy) is 1. The first-order valence-corrected chi connectivity index (χ1v) is 7.46. The van der Waals surface area contributed by atoms with Crippen molar-refractivity contribution in [2.75, 3.05) is 0 Å². The number of unbranched alkanes of at least 4 members (excludes halogenated alkanes) is 1. The average Bonchev–Trinajstić information content (AvgIpc) is 2.99.